The number of amidine groups is 1. The number of imide groups is 1. The number of fused-ring (bicyclic) bond motifs is 3. The maximum atomic E-state index is 12.9. The fourth-order valence-electron chi connectivity index (χ4n) is 3.11. The molecular weight excluding hydrogens is 294 g/mol. The Morgan fingerprint density at radius 3 is 2.83 bits per heavy atom. The number of allylic oxidation sites excluding steroid dienone is 1. The monoisotopic (exact) mass is 316 g/mol. The number of carbonyl (C=O) groups excluding carboxylic acids is 2. The van der Waals surface area contributed by atoms with E-state index in [1.165, 1.54) is 9.80 Å². The molecule has 3 rings (SSSR count). The molecule has 1 aromatic heterocycles. The van der Waals surface area contributed by atoms with Gasteiger partial charge in [-0.15, -0.1) is 0 Å². The van der Waals surface area contributed by atoms with Gasteiger partial charge in [-0.3, -0.25) is 14.6 Å². The van der Waals surface area contributed by atoms with Crippen LogP contribution in [0.3, 0.4) is 0 Å². The second-order valence-corrected chi connectivity index (χ2v) is 5.93. The molecular formula is C16H22N5O2+. The maximum Gasteiger partial charge on any atom is 0.402 e. The standard InChI is InChI=1S/C16H22N5O2/c1-5-7-9-20-14(22)12-13(18(4)16(20)23)17-15-19(8-6-2)11(3)10-21(12)15/h6,10,12H,2,5,7-9H2,1,3-4H3/q+1. The Morgan fingerprint density at radius 2 is 2.17 bits per heavy atom. The van der Waals surface area contributed by atoms with E-state index in [1.54, 1.807) is 13.1 Å². The minimum absolute atomic E-state index is 0.195. The first-order chi connectivity index (χ1) is 11.0. The van der Waals surface area contributed by atoms with Crippen molar-refractivity contribution >= 4 is 23.7 Å². The van der Waals surface area contributed by atoms with Gasteiger partial charge < -0.3 is 0 Å². The average Bonchev–Trinajstić information content (AvgIpc) is 3.02. The Hall–Kier alpha value is -2.44. The molecule has 0 saturated carbocycles. The van der Waals surface area contributed by atoms with Crippen LogP contribution >= 0.6 is 0 Å². The smallest absolute Gasteiger partial charge is 0.270 e. The number of aromatic nitrogens is 2. The molecule has 0 radical (unpaired) electrons. The van der Waals surface area contributed by atoms with Gasteiger partial charge in [-0.25, -0.2) is 13.9 Å². The summed E-state index contributed by atoms with van der Waals surface area (Å²) in [4.78, 5) is 32.7. The summed E-state index contributed by atoms with van der Waals surface area (Å²) in [6.45, 7) is 8.84. The zero-order valence-corrected chi connectivity index (χ0v) is 13.8. The molecule has 23 heavy (non-hydrogen) atoms. The molecule has 0 aromatic carbocycles. The van der Waals surface area contributed by atoms with Crippen LogP contribution < -0.4 is 4.57 Å². The number of nitrogens with zero attached hydrogens (tertiary/aromatic N) is 5. The third-order valence-corrected chi connectivity index (χ3v) is 4.37. The van der Waals surface area contributed by atoms with Crippen LogP contribution in [0.1, 0.15) is 31.5 Å². The number of hydrogen-bond donors (Lipinski definition) is 0. The molecule has 7 nitrogen and oxygen atoms in total. The largest absolute Gasteiger partial charge is 0.402 e. The normalized spacial score (nSPS) is 19.8. The quantitative estimate of drug-likeness (QED) is 0.611. The van der Waals surface area contributed by atoms with Crippen molar-refractivity contribution in [3.63, 3.8) is 0 Å². The molecule has 1 atom stereocenters. The van der Waals surface area contributed by atoms with Crippen molar-refractivity contribution in [3.8, 4) is 0 Å². The summed E-state index contributed by atoms with van der Waals surface area (Å²) in [6.07, 6.45) is 5.44. The van der Waals surface area contributed by atoms with Crippen molar-refractivity contribution in [3.05, 3.63) is 24.5 Å². The minimum Gasteiger partial charge on any atom is -0.270 e. The highest BCUT2D eigenvalue weighted by Crippen LogP contribution is 2.29. The molecule has 3 amide bonds. The van der Waals surface area contributed by atoms with Crippen molar-refractivity contribution < 1.29 is 14.2 Å². The van der Waals surface area contributed by atoms with E-state index in [-0.39, 0.29) is 11.9 Å². The number of imidazole rings is 1. The molecule has 122 valence electrons. The summed E-state index contributed by atoms with van der Waals surface area (Å²) in [5.74, 6) is 0.994. The first-order valence-electron chi connectivity index (χ1n) is 7.91. The van der Waals surface area contributed by atoms with Crippen molar-refractivity contribution in [2.24, 2.45) is 4.99 Å². The first kappa shape index (κ1) is 15.5. The summed E-state index contributed by atoms with van der Waals surface area (Å²) in [7, 11) is 1.68. The second-order valence-electron chi connectivity index (χ2n) is 5.93. The molecule has 2 aliphatic heterocycles. The molecule has 0 aliphatic carbocycles. The van der Waals surface area contributed by atoms with Crippen LogP contribution in [-0.4, -0.2) is 45.7 Å². The molecule has 3 heterocycles. The van der Waals surface area contributed by atoms with Crippen LogP contribution in [0.15, 0.2) is 23.8 Å². The van der Waals surface area contributed by atoms with E-state index < -0.39 is 6.04 Å². The number of likely N-dealkylation sites (N-methyl/N-ethyl adjacent to an activating group) is 1. The number of hydrogen-bond acceptors (Lipinski definition) is 3. The van der Waals surface area contributed by atoms with E-state index in [2.05, 4.69) is 11.6 Å². The van der Waals surface area contributed by atoms with Crippen LogP contribution in [0.4, 0.5) is 10.7 Å². The van der Waals surface area contributed by atoms with Gasteiger partial charge in [0.15, 0.2) is 0 Å². The third-order valence-electron chi connectivity index (χ3n) is 4.37. The summed E-state index contributed by atoms with van der Waals surface area (Å²) < 4.78 is 3.85. The van der Waals surface area contributed by atoms with Gasteiger partial charge in [0.2, 0.25) is 11.9 Å². The number of aliphatic imine (C=N–C) groups is 1. The van der Waals surface area contributed by atoms with E-state index in [1.807, 2.05) is 29.2 Å². The number of amides is 3. The van der Waals surface area contributed by atoms with Gasteiger partial charge in [0, 0.05) is 13.6 Å². The molecule has 7 heteroatoms. The zero-order chi connectivity index (χ0) is 16.7. The Kier molecular flexibility index (Phi) is 3.79. The molecule has 1 fully saturated rings. The van der Waals surface area contributed by atoms with E-state index in [4.69, 9.17) is 0 Å². The van der Waals surface area contributed by atoms with E-state index in [0.717, 1.165) is 18.5 Å². The summed E-state index contributed by atoms with van der Waals surface area (Å²) in [5, 5.41) is 0. The number of urea groups is 1. The highest BCUT2D eigenvalue weighted by atomic mass is 16.2. The number of rotatable bonds is 5. The fraction of sp³-hybridized carbons (Fsp3) is 0.500. The van der Waals surface area contributed by atoms with Crippen LogP contribution in [-0.2, 0) is 11.3 Å². The number of unbranched alkanes of at least 4 members (excludes halogenated alkanes) is 1. The lowest BCUT2D eigenvalue weighted by molar-refractivity contribution is -0.677. The first-order valence-corrected chi connectivity index (χ1v) is 7.91. The van der Waals surface area contributed by atoms with Crippen molar-refractivity contribution in [2.75, 3.05) is 13.6 Å². The van der Waals surface area contributed by atoms with Crippen molar-refractivity contribution in [2.45, 2.75) is 39.3 Å². The van der Waals surface area contributed by atoms with Gasteiger partial charge in [0.25, 0.3) is 5.91 Å². The predicted octanol–water partition coefficient (Wildman–Crippen LogP) is 1.55. The fourth-order valence-corrected chi connectivity index (χ4v) is 3.11. The Morgan fingerprint density at radius 1 is 1.43 bits per heavy atom. The topological polar surface area (TPSA) is 61.8 Å². The lowest BCUT2D eigenvalue weighted by atomic mass is 10.1. The van der Waals surface area contributed by atoms with E-state index >= 15 is 0 Å². The number of aryl methyl sites for hydroxylation is 1. The zero-order valence-electron chi connectivity index (χ0n) is 13.8. The Bertz CT molecular complexity index is 718. The van der Waals surface area contributed by atoms with Crippen LogP contribution in [0, 0.1) is 6.92 Å². The lowest BCUT2D eigenvalue weighted by Gasteiger charge is -2.33. The SMILES string of the molecule is C=CCn1c(C)c[n+]2c1N=C1C2C(=O)N(CCCC)C(=O)N1C. The highest BCUT2D eigenvalue weighted by Gasteiger charge is 2.52. The molecule has 1 saturated heterocycles. The lowest BCUT2D eigenvalue weighted by Crippen LogP contribution is -2.62. The van der Waals surface area contributed by atoms with Gasteiger partial charge in [-0.1, -0.05) is 31.0 Å². The molecule has 1 aromatic rings. The molecule has 0 bridgehead atoms. The molecule has 0 spiro atoms. The maximum absolute atomic E-state index is 12.9. The van der Waals surface area contributed by atoms with Gasteiger partial charge in [-0.2, -0.15) is 0 Å². The van der Waals surface area contributed by atoms with E-state index in [9.17, 15) is 9.59 Å². The van der Waals surface area contributed by atoms with Crippen LogP contribution in [0.5, 0.6) is 0 Å². The number of carbonyl (C=O) groups is 2. The Balaban J connectivity index is 2.04. The summed E-state index contributed by atoms with van der Waals surface area (Å²) in [6, 6.07) is -0.842. The summed E-state index contributed by atoms with van der Waals surface area (Å²) >= 11 is 0. The van der Waals surface area contributed by atoms with Gasteiger partial charge in [0.1, 0.15) is 11.9 Å². The minimum atomic E-state index is -0.547. The molecule has 2 aliphatic rings. The van der Waals surface area contributed by atoms with Gasteiger partial charge in [-0.05, 0) is 13.3 Å². The van der Waals surface area contributed by atoms with E-state index in [0.29, 0.717) is 24.9 Å². The molecule has 0 N–H and O–H groups in total. The van der Waals surface area contributed by atoms with Gasteiger partial charge in [0.05, 0.1) is 6.54 Å². The predicted molar refractivity (Wildman–Crippen MR) is 85.5 cm³/mol. The van der Waals surface area contributed by atoms with Gasteiger partial charge >= 0.3 is 12.0 Å². The van der Waals surface area contributed by atoms with Crippen molar-refractivity contribution in [1.29, 1.82) is 0 Å². The van der Waals surface area contributed by atoms with Crippen molar-refractivity contribution in [1.82, 2.24) is 14.4 Å². The summed E-state index contributed by atoms with van der Waals surface area (Å²) in [5.41, 5.74) is 1.01. The highest BCUT2D eigenvalue weighted by molar-refractivity contribution is 6.19. The Labute approximate surface area is 135 Å². The second kappa shape index (κ2) is 5.64. The average molecular weight is 316 g/mol. The molecule has 1 unspecified atom stereocenters. The van der Waals surface area contributed by atoms with Crippen LogP contribution in [0.2, 0.25) is 0 Å². The van der Waals surface area contributed by atoms with Crippen LogP contribution in [0.25, 0.3) is 0 Å². The third kappa shape index (κ3) is 2.18.